The van der Waals surface area contributed by atoms with Crippen molar-refractivity contribution in [2.45, 2.75) is 37.2 Å². The van der Waals surface area contributed by atoms with Gasteiger partial charge in [-0.3, -0.25) is 4.79 Å². The molecule has 4 rings (SSSR count). The number of hydrogen-bond donors (Lipinski definition) is 0. The Labute approximate surface area is 190 Å². The number of hydrogen-bond acceptors (Lipinski definition) is 6. The van der Waals surface area contributed by atoms with Gasteiger partial charge in [-0.25, -0.2) is 9.07 Å². The lowest BCUT2D eigenvalue weighted by Gasteiger charge is -2.34. The Bertz CT molecular complexity index is 1090. The number of benzene rings is 1. The number of halogens is 1. The van der Waals surface area contributed by atoms with E-state index in [1.54, 1.807) is 40.8 Å². The first-order valence-corrected chi connectivity index (χ1v) is 12.0. The predicted octanol–water partition coefficient (Wildman–Crippen LogP) is 4.61. The zero-order valence-electron chi connectivity index (χ0n) is 18.1. The van der Waals surface area contributed by atoms with Gasteiger partial charge >= 0.3 is 0 Å². The Balaban J connectivity index is 1.65. The molecule has 1 aliphatic rings. The molecule has 0 radical (unpaired) electrons. The van der Waals surface area contributed by atoms with Crippen LogP contribution < -0.4 is 4.90 Å². The van der Waals surface area contributed by atoms with Crippen LogP contribution in [-0.2, 0) is 4.79 Å². The number of amides is 1. The maximum absolute atomic E-state index is 13.7. The Morgan fingerprint density at radius 2 is 1.97 bits per heavy atom. The van der Waals surface area contributed by atoms with Crippen LogP contribution in [0.1, 0.15) is 26.5 Å². The molecule has 1 aromatic carbocycles. The zero-order chi connectivity index (χ0) is 22.1. The minimum absolute atomic E-state index is 0.118. The quantitative estimate of drug-likeness (QED) is 0.522. The molecule has 164 valence electrons. The summed E-state index contributed by atoms with van der Waals surface area (Å²) in [6.45, 7) is 10.8. The van der Waals surface area contributed by atoms with E-state index < -0.39 is 0 Å². The van der Waals surface area contributed by atoms with E-state index in [1.165, 1.54) is 12.1 Å². The van der Waals surface area contributed by atoms with Crippen molar-refractivity contribution in [2.24, 2.45) is 0 Å². The molecular formula is C22H26FN5OS2. The van der Waals surface area contributed by atoms with Crippen LogP contribution in [0.2, 0.25) is 0 Å². The number of thioether (sulfide) groups is 1. The van der Waals surface area contributed by atoms with Gasteiger partial charge in [-0.2, -0.15) is 10.1 Å². The molecule has 9 heteroatoms. The summed E-state index contributed by atoms with van der Waals surface area (Å²) in [6.07, 6.45) is 1.92. The van der Waals surface area contributed by atoms with Crippen LogP contribution in [0.15, 0.2) is 34.7 Å². The Morgan fingerprint density at radius 3 is 2.61 bits per heavy atom. The third kappa shape index (κ3) is 4.77. The second-order valence-electron chi connectivity index (χ2n) is 7.85. The molecule has 0 aliphatic carbocycles. The van der Waals surface area contributed by atoms with E-state index in [0.29, 0.717) is 18.3 Å². The maximum Gasteiger partial charge on any atom is 0.219 e. The molecule has 0 unspecified atom stereocenters. The molecule has 31 heavy (non-hydrogen) atoms. The Kier molecular flexibility index (Phi) is 6.34. The number of carbonyl (C=O) groups is 1. The van der Waals surface area contributed by atoms with Gasteiger partial charge < -0.3 is 9.80 Å². The lowest BCUT2D eigenvalue weighted by atomic mass is 10.1. The summed E-state index contributed by atoms with van der Waals surface area (Å²) in [5.41, 5.74) is 2.53. The molecule has 0 atom stereocenters. The van der Waals surface area contributed by atoms with Crippen LogP contribution >= 0.6 is 23.1 Å². The monoisotopic (exact) mass is 459 g/mol. The first kappa shape index (κ1) is 21.8. The summed E-state index contributed by atoms with van der Waals surface area (Å²) < 4.78 is 16.7. The molecule has 6 nitrogen and oxygen atoms in total. The van der Waals surface area contributed by atoms with Crippen LogP contribution in [0.4, 0.5) is 10.2 Å². The molecule has 3 aromatic rings. The van der Waals surface area contributed by atoms with Gasteiger partial charge in [0.1, 0.15) is 10.0 Å². The average Bonchev–Trinajstić information content (AvgIpc) is 3.31. The summed E-state index contributed by atoms with van der Waals surface area (Å²) in [7, 11) is 0. The first-order valence-electron chi connectivity index (χ1n) is 10.3. The highest BCUT2D eigenvalue weighted by molar-refractivity contribution is 8.01. The highest BCUT2D eigenvalue weighted by Crippen LogP contribution is 2.40. The van der Waals surface area contributed by atoms with Crippen molar-refractivity contribution in [1.29, 1.82) is 0 Å². The molecule has 1 saturated heterocycles. The zero-order valence-corrected chi connectivity index (χ0v) is 19.8. The number of thiazole rings is 1. The van der Waals surface area contributed by atoms with Crippen molar-refractivity contribution in [1.82, 2.24) is 19.7 Å². The van der Waals surface area contributed by atoms with Gasteiger partial charge in [-0.1, -0.05) is 37.3 Å². The number of anilines is 1. The van der Waals surface area contributed by atoms with Crippen LogP contribution in [0, 0.1) is 12.7 Å². The molecule has 0 saturated carbocycles. The van der Waals surface area contributed by atoms with Crippen molar-refractivity contribution in [3.8, 4) is 16.3 Å². The summed E-state index contributed by atoms with van der Waals surface area (Å²) in [5.74, 6) is 0.816. The molecule has 2 aromatic heterocycles. The molecular weight excluding hydrogens is 433 g/mol. The molecule has 1 amide bonds. The fourth-order valence-electron chi connectivity index (χ4n) is 3.61. The van der Waals surface area contributed by atoms with Crippen molar-refractivity contribution < 1.29 is 9.18 Å². The number of aromatic nitrogens is 3. The second kappa shape index (κ2) is 9.00. The normalized spacial score (nSPS) is 14.5. The first-order chi connectivity index (χ1) is 14.8. The van der Waals surface area contributed by atoms with Gasteiger partial charge in [0, 0.05) is 50.1 Å². The van der Waals surface area contributed by atoms with Gasteiger partial charge in [0.25, 0.3) is 0 Å². The minimum Gasteiger partial charge on any atom is -0.351 e. The van der Waals surface area contributed by atoms with Gasteiger partial charge in [-0.05, 0) is 24.6 Å². The molecule has 1 fully saturated rings. The van der Waals surface area contributed by atoms with Crippen LogP contribution in [0.3, 0.4) is 0 Å². The molecule has 0 bridgehead atoms. The van der Waals surface area contributed by atoms with Gasteiger partial charge in [-0.15, -0.1) is 11.8 Å². The van der Waals surface area contributed by atoms with E-state index in [4.69, 9.17) is 4.98 Å². The van der Waals surface area contributed by atoms with E-state index in [0.717, 1.165) is 45.1 Å². The summed E-state index contributed by atoms with van der Waals surface area (Å²) in [5, 5.41) is 5.88. The Morgan fingerprint density at radius 1 is 1.23 bits per heavy atom. The summed E-state index contributed by atoms with van der Waals surface area (Å²) >= 11 is 3.41. The second-order valence-corrected chi connectivity index (χ2v) is 10.7. The van der Waals surface area contributed by atoms with Crippen LogP contribution in [0.5, 0.6) is 0 Å². The van der Waals surface area contributed by atoms with Gasteiger partial charge in [0.05, 0.1) is 5.69 Å². The van der Waals surface area contributed by atoms with Crippen molar-refractivity contribution >= 4 is 34.8 Å². The molecule has 0 N–H and O–H groups in total. The van der Waals surface area contributed by atoms with Gasteiger partial charge in [0.2, 0.25) is 11.0 Å². The Hall–Kier alpha value is -2.39. The fourth-order valence-corrected chi connectivity index (χ4v) is 6.06. The van der Waals surface area contributed by atoms with E-state index >= 15 is 0 Å². The third-order valence-corrected chi connectivity index (χ3v) is 7.40. The largest absolute Gasteiger partial charge is 0.351 e. The topological polar surface area (TPSA) is 54.3 Å². The molecule has 0 spiro atoms. The van der Waals surface area contributed by atoms with Crippen molar-refractivity contribution in [3.05, 3.63) is 42.0 Å². The smallest absolute Gasteiger partial charge is 0.219 e. The number of nitrogens with zero attached hydrogens (tertiary/aromatic N) is 5. The number of aryl methyl sites for hydroxylation is 1. The third-order valence-electron chi connectivity index (χ3n) is 5.17. The van der Waals surface area contributed by atoms with E-state index in [2.05, 4.69) is 23.8 Å². The van der Waals surface area contributed by atoms with Crippen molar-refractivity contribution in [2.75, 3.05) is 31.1 Å². The summed E-state index contributed by atoms with van der Waals surface area (Å²) in [6, 6.07) is 6.56. The standard InChI is InChI=1S/C22H26FN5OS2/c1-14(2)30-21-20(27-10-8-26(9-11-27)16(4)29)24-22(31-21)28-13-19(15(3)25-28)17-6-5-7-18(23)12-17/h5-7,12-14H,8-11H2,1-4H3. The minimum atomic E-state index is -0.262. The van der Waals surface area contributed by atoms with Crippen LogP contribution in [-0.4, -0.2) is 57.0 Å². The van der Waals surface area contributed by atoms with Crippen molar-refractivity contribution in [3.63, 3.8) is 0 Å². The maximum atomic E-state index is 13.7. The number of carbonyl (C=O) groups excluding carboxylic acids is 1. The van der Waals surface area contributed by atoms with E-state index in [9.17, 15) is 9.18 Å². The lowest BCUT2D eigenvalue weighted by Crippen LogP contribution is -2.48. The highest BCUT2D eigenvalue weighted by Gasteiger charge is 2.25. The van der Waals surface area contributed by atoms with E-state index in [-0.39, 0.29) is 11.7 Å². The predicted molar refractivity (Wildman–Crippen MR) is 125 cm³/mol. The van der Waals surface area contributed by atoms with E-state index in [1.807, 2.05) is 24.1 Å². The average molecular weight is 460 g/mol. The van der Waals surface area contributed by atoms with Crippen LogP contribution in [0.25, 0.3) is 16.3 Å². The van der Waals surface area contributed by atoms with Gasteiger partial charge in [0.15, 0.2) is 5.82 Å². The molecule has 3 heterocycles. The lowest BCUT2D eigenvalue weighted by molar-refractivity contribution is -0.129. The fraction of sp³-hybridized carbons (Fsp3) is 0.409. The number of piperazine rings is 1. The highest BCUT2D eigenvalue weighted by atomic mass is 32.2. The number of rotatable bonds is 5. The summed E-state index contributed by atoms with van der Waals surface area (Å²) in [4.78, 5) is 20.7. The molecule has 1 aliphatic heterocycles. The SMILES string of the molecule is CC(=O)N1CCN(c2nc(-n3cc(-c4cccc(F)c4)c(C)n3)sc2SC(C)C)CC1.